The van der Waals surface area contributed by atoms with E-state index < -0.39 is 0 Å². The molecule has 2 aromatic carbocycles. The molecule has 1 saturated heterocycles. The summed E-state index contributed by atoms with van der Waals surface area (Å²) in [7, 11) is 2.10. The SMILES string of the molecule is CN1C(c2ccccc2)CC2ON=C(c3ccccc3)N21. The fourth-order valence-electron chi connectivity index (χ4n) is 3.12. The lowest BCUT2D eigenvalue weighted by atomic mass is 10.0. The normalized spacial score (nSPS) is 24.6. The predicted molar refractivity (Wildman–Crippen MR) is 81.3 cm³/mol. The van der Waals surface area contributed by atoms with Crippen LogP contribution in [-0.4, -0.2) is 29.1 Å². The van der Waals surface area contributed by atoms with Crippen molar-refractivity contribution < 1.29 is 4.84 Å². The second-order valence-corrected chi connectivity index (χ2v) is 5.42. The molecule has 1 fully saturated rings. The zero-order chi connectivity index (χ0) is 14.2. The molecule has 2 aliphatic rings. The third-order valence-corrected chi connectivity index (χ3v) is 4.18. The average Bonchev–Trinajstić information content (AvgIpc) is 3.10. The van der Waals surface area contributed by atoms with Crippen molar-refractivity contribution in [2.75, 3.05) is 7.05 Å². The number of amidine groups is 1. The van der Waals surface area contributed by atoms with Gasteiger partial charge in [-0.15, -0.1) is 0 Å². The highest BCUT2D eigenvalue weighted by atomic mass is 16.7. The molecule has 4 heteroatoms. The summed E-state index contributed by atoms with van der Waals surface area (Å²) in [6, 6.07) is 21.1. The van der Waals surface area contributed by atoms with Crippen LogP contribution < -0.4 is 0 Å². The first-order valence-corrected chi connectivity index (χ1v) is 7.21. The fourth-order valence-corrected chi connectivity index (χ4v) is 3.12. The van der Waals surface area contributed by atoms with Gasteiger partial charge < -0.3 is 4.84 Å². The zero-order valence-corrected chi connectivity index (χ0v) is 11.9. The lowest BCUT2D eigenvalue weighted by Crippen LogP contribution is -2.41. The predicted octanol–water partition coefficient (Wildman–Crippen LogP) is 3.00. The second-order valence-electron chi connectivity index (χ2n) is 5.42. The van der Waals surface area contributed by atoms with Crippen molar-refractivity contribution in [3.8, 4) is 0 Å². The van der Waals surface area contributed by atoms with Crippen molar-refractivity contribution in [2.45, 2.75) is 18.7 Å². The Balaban J connectivity index is 1.64. The van der Waals surface area contributed by atoms with E-state index in [4.69, 9.17) is 4.84 Å². The van der Waals surface area contributed by atoms with Crippen molar-refractivity contribution in [2.24, 2.45) is 5.16 Å². The summed E-state index contributed by atoms with van der Waals surface area (Å²) >= 11 is 0. The highest BCUT2D eigenvalue weighted by molar-refractivity contribution is 5.99. The Morgan fingerprint density at radius 2 is 1.67 bits per heavy atom. The number of rotatable bonds is 2. The first kappa shape index (κ1) is 12.4. The summed E-state index contributed by atoms with van der Waals surface area (Å²) in [6.45, 7) is 0. The zero-order valence-electron chi connectivity index (χ0n) is 11.9. The van der Waals surface area contributed by atoms with Crippen LogP contribution in [0.25, 0.3) is 0 Å². The van der Waals surface area contributed by atoms with Crippen LogP contribution in [0.2, 0.25) is 0 Å². The molecule has 2 heterocycles. The maximum absolute atomic E-state index is 5.64. The smallest absolute Gasteiger partial charge is 0.216 e. The molecule has 2 unspecified atom stereocenters. The highest BCUT2D eigenvalue weighted by Crippen LogP contribution is 2.39. The van der Waals surface area contributed by atoms with Crippen molar-refractivity contribution in [1.82, 2.24) is 10.0 Å². The van der Waals surface area contributed by atoms with E-state index in [-0.39, 0.29) is 6.23 Å². The van der Waals surface area contributed by atoms with Crippen molar-refractivity contribution in [3.63, 3.8) is 0 Å². The van der Waals surface area contributed by atoms with E-state index in [1.165, 1.54) is 5.56 Å². The Morgan fingerprint density at radius 3 is 2.38 bits per heavy atom. The third kappa shape index (κ3) is 1.99. The van der Waals surface area contributed by atoms with Crippen molar-refractivity contribution in [3.05, 3.63) is 71.8 Å². The van der Waals surface area contributed by atoms with Crippen molar-refractivity contribution >= 4 is 5.84 Å². The Bertz CT molecular complexity index is 656. The molecule has 4 nitrogen and oxygen atoms in total. The number of hydrogen-bond donors (Lipinski definition) is 0. The van der Waals surface area contributed by atoms with Gasteiger partial charge in [0.2, 0.25) is 6.23 Å². The number of fused-ring (bicyclic) bond motifs is 1. The summed E-state index contributed by atoms with van der Waals surface area (Å²) < 4.78 is 0. The van der Waals surface area contributed by atoms with Crippen LogP contribution >= 0.6 is 0 Å². The van der Waals surface area contributed by atoms with Gasteiger partial charge in [0.25, 0.3) is 0 Å². The molecular weight excluding hydrogens is 262 g/mol. The van der Waals surface area contributed by atoms with Gasteiger partial charge in [0, 0.05) is 19.0 Å². The Kier molecular flexibility index (Phi) is 2.89. The van der Waals surface area contributed by atoms with E-state index >= 15 is 0 Å². The minimum absolute atomic E-state index is 0.00425. The molecule has 0 saturated carbocycles. The standard InChI is InChI=1S/C17H17N3O/c1-19-15(13-8-4-2-5-9-13)12-16-20(19)17(18-21-16)14-10-6-3-7-11-14/h2-11,15-16H,12H2,1H3. The monoisotopic (exact) mass is 279 g/mol. The highest BCUT2D eigenvalue weighted by Gasteiger charge is 2.45. The van der Waals surface area contributed by atoms with Crippen LogP contribution in [0, 0.1) is 0 Å². The molecular formula is C17H17N3O. The first-order valence-electron chi connectivity index (χ1n) is 7.21. The molecule has 0 spiro atoms. The van der Waals surface area contributed by atoms with E-state index in [1.54, 1.807) is 0 Å². The maximum atomic E-state index is 5.64. The van der Waals surface area contributed by atoms with Crippen LogP contribution in [0.15, 0.2) is 65.8 Å². The van der Waals surface area contributed by atoms with Gasteiger partial charge in [-0.25, -0.2) is 10.0 Å². The molecule has 0 aliphatic carbocycles. The Labute approximate surface area is 124 Å². The molecule has 0 N–H and O–H groups in total. The van der Waals surface area contributed by atoms with Crippen LogP contribution in [0.5, 0.6) is 0 Å². The molecule has 0 bridgehead atoms. The minimum atomic E-state index is -0.00425. The van der Waals surface area contributed by atoms with E-state index in [0.29, 0.717) is 6.04 Å². The van der Waals surface area contributed by atoms with Gasteiger partial charge in [-0.1, -0.05) is 65.8 Å². The maximum Gasteiger partial charge on any atom is 0.216 e. The van der Waals surface area contributed by atoms with E-state index in [1.807, 2.05) is 24.3 Å². The molecule has 2 aromatic rings. The molecule has 106 valence electrons. The number of oxime groups is 1. The van der Waals surface area contributed by atoms with E-state index in [2.05, 4.69) is 58.6 Å². The van der Waals surface area contributed by atoms with E-state index in [9.17, 15) is 0 Å². The summed E-state index contributed by atoms with van der Waals surface area (Å²) in [6.07, 6.45) is 0.913. The van der Waals surface area contributed by atoms with Gasteiger partial charge in [0.05, 0.1) is 6.04 Å². The Hall–Kier alpha value is -2.33. The summed E-state index contributed by atoms with van der Waals surface area (Å²) in [5.74, 6) is 0.890. The molecule has 4 rings (SSSR count). The van der Waals surface area contributed by atoms with Gasteiger partial charge in [0.15, 0.2) is 5.84 Å². The number of hydrazine groups is 1. The fraction of sp³-hybridized carbons (Fsp3) is 0.235. The first-order chi connectivity index (χ1) is 10.3. The number of nitrogens with zero attached hydrogens (tertiary/aromatic N) is 3. The van der Waals surface area contributed by atoms with Gasteiger partial charge >= 0.3 is 0 Å². The minimum Gasteiger partial charge on any atom is -0.367 e. The average molecular weight is 279 g/mol. The molecule has 0 amide bonds. The van der Waals surface area contributed by atoms with Crippen LogP contribution in [0.3, 0.4) is 0 Å². The van der Waals surface area contributed by atoms with Crippen LogP contribution in [0.4, 0.5) is 0 Å². The third-order valence-electron chi connectivity index (χ3n) is 4.18. The number of hydrogen-bond acceptors (Lipinski definition) is 4. The molecule has 2 aliphatic heterocycles. The quantitative estimate of drug-likeness (QED) is 0.846. The molecule has 2 atom stereocenters. The van der Waals surface area contributed by atoms with Gasteiger partial charge in [0.1, 0.15) is 0 Å². The lowest BCUT2D eigenvalue weighted by molar-refractivity contribution is -0.0265. The summed E-state index contributed by atoms with van der Waals surface area (Å²) in [4.78, 5) is 5.64. The lowest BCUT2D eigenvalue weighted by Gasteiger charge is -2.28. The van der Waals surface area contributed by atoms with Gasteiger partial charge in [-0.3, -0.25) is 0 Å². The topological polar surface area (TPSA) is 28.1 Å². The van der Waals surface area contributed by atoms with Gasteiger partial charge in [-0.2, -0.15) is 0 Å². The summed E-state index contributed by atoms with van der Waals surface area (Å²) in [5.41, 5.74) is 2.39. The van der Waals surface area contributed by atoms with Crippen LogP contribution in [0.1, 0.15) is 23.6 Å². The van der Waals surface area contributed by atoms with Crippen LogP contribution in [-0.2, 0) is 4.84 Å². The van der Waals surface area contributed by atoms with Crippen molar-refractivity contribution in [1.29, 1.82) is 0 Å². The van der Waals surface area contributed by atoms with Gasteiger partial charge in [-0.05, 0) is 5.56 Å². The number of benzene rings is 2. The molecule has 0 radical (unpaired) electrons. The largest absolute Gasteiger partial charge is 0.367 e. The van der Waals surface area contributed by atoms with E-state index in [0.717, 1.165) is 17.8 Å². The molecule has 21 heavy (non-hydrogen) atoms. The summed E-state index contributed by atoms with van der Waals surface area (Å²) in [5, 5.41) is 8.66. The molecule has 0 aromatic heterocycles. The second kappa shape index (κ2) is 4.90. The Morgan fingerprint density at radius 1 is 1.00 bits per heavy atom.